The van der Waals surface area contributed by atoms with Crippen molar-refractivity contribution < 1.29 is 78.2 Å². The Kier molecular flexibility index (Phi) is 9.73. The van der Waals surface area contributed by atoms with Gasteiger partial charge in [-0.1, -0.05) is 0 Å². The fourth-order valence-electron chi connectivity index (χ4n) is 1.73. The van der Waals surface area contributed by atoms with Crippen molar-refractivity contribution in [2.24, 2.45) is 5.73 Å². The second kappa shape index (κ2) is 9.64. The number of aromatic amines is 1. The number of fused-ring (bicyclic) bond motifs is 1. The molecule has 2 aromatic heterocycles. The van der Waals surface area contributed by atoms with Crippen molar-refractivity contribution >= 4 is 24.7 Å². The minimum absolute atomic E-state index is 0. The molecule has 0 aliphatic heterocycles. The van der Waals surface area contributed by atoms with Crippen LogP contribution in [0.2, 0.25) is 0 Å². The zero-order valence-electron chi connectivity index (χ0n) is 12.8. The van der Waals surface area contributed by atoms with Gasteiger partial charge in [0.15, 0.2) is 11.2 Å². The van der Waals surface area contributed by atoms with Gasteiger partial charge in [0.2, 0.25) is 5.95 Å². The molecule has 2 rings (SSSR count). The Labute approximate surface area is 174 Å². The van der Waals surface area contributed by atoms with Crippen LogP contribution in [0.5, 0.6) is 0 Å². The van der Waals surface area contributed by atoms with E-state index in [0.29, 0.717) is 0 Å². The Balaban J connectivity index is 0.00000242. The van der Waals surface area contributed by atoms with E-state index in [-0.39, 0.29) is 89.4 Å². The monoisotopic (exact) mass is 362 g/mol. The SMILES string of the molecule is Nc1nc2c(ncn2CC(N)COCP(=O)([O-])[O-])c(=O)[nH]1.[Na+].[Na+]. The molecule has 2 aromatic rings. The van der Waals surface area contributed by atoms with Gasteiger partial charge in [0.05, 0.1) is 19.3 Å². The van der Waals surface area contributed by atoms with Gasteiger partial charge in [0.25, 0.3) is 5.56 Å². The van der Waals surface area contributed by atoms with Crippen LogP contribution < -0.4 is 85.9 Å². The number of nitrogens with zero attached hydrogens (tertiary/aromatic N) is 3. The Morgan fingerprint density at radius 1 is 1.43 bits per heavy atom. The van der Waals surface area contributed by atoms with Crippen molar-refractivity contribution in [2.75, 3.05) is 18.7 Å². The summed E-state index contributed by atoms with van der Waals surface area (Å²) in [5.41, 5.74) is 11.1. The summed E-state index contributed by atoms with van der Waals surface area (Å²) in [5, 5.41) is 0. The van der Waals surface area contributed by atoms with E-state index < -0.39 is 25.5 Å². The minimum Gasteiger partial charge on any atom is -0.809 e. The molecule has 0 aliphatic carbocycles. The van der Waals surface area contributed by atoms with E-state index in [9.17, 15) is 19.1 Å². The summed E-state index contributed by atoms with van der Waals surface area (Å²) >= 11 is 0. The Bertz CT molecular complexity index is 746. The number of ether oxygens (including phenoxy) is 1. The molecule has 0 aromatic carbocycles. The number of nitrogens with two attached hydrogens (primary N) is 2. The van der Waals surface area contributed by atoms with Gasteiger partial charge in [-0.3, -0.25) is 9.78 Å². The van der Waals surface area contributed by atoms with E-state index in [1.165, 1.54) is 10.9 Å². The fourth-order valence-corrected chi connectivity index (χ4v) is 2.05. The van der Waals surface area contributed by atoms with Crippen LogP contribution in [0, 0.1) is 0 Å². The molecule has 0 bridgehead atoms. The first-order valence-corrected chi connectivity index (χ1v) is 7.54. The molecule has 5 N–H and O–H groups in total. The van der Waals surface area contributed by atoms with E-state index in [4.69, 9.17) is 16.2 Å². The third-order valence-electron chi connectivity index (χ3n) is 2.51. The maximum atomic E-state index is 11.6. The molecule has 2 heterocycles. The van der Waals surface area contributed by atoms with Gasteiger partial charge < -0.3 is 35.1 Å². The van der Waals surface area contributed by atoms with Gasteiger partial charge in [-0.15, -0.1) is 0 Å². The van der Waals surface area contributed by atoms with Crippen LogP contribution in [-0.2, 0) is 15.8 Å². The molecule has 14 heteroatoms. The second-order valence-corrected chi connectivity index (χ2v) is 5.87. The summed E-state index contributed by atoms with van der Waals surface area (Å²) in [7, 11) is -4.72. The summed E-state index contributed by atoms with van der Waals surface area (Å²) in [5.74, 6) is -0.0577. The van der Waals surface area contributed by atoms with Gasteiger partial charge in [0.1, 0.15) is 0 Å². The van der Waals surface area contributed by atoms with Crippen LogP contribution in [0.25, 0.3) is 11.2 Å². The van der Waals surface area contributed by atoms with Gasteiger partial charge in [-0.25, -0.2) is 4.98 Å². The molecule has 0 saturated carbocycles. The first-order chi connectivity index (χ1) is 9.76. The molecular weight excluding hydrogens is 349 g/mol. The average Bonchev–Trinajstić information content (AvgIpc) is 2.71. The summed E-state index contributed by atoms with van der Waals surface area (Å²) in [6.07, 6.45) is 0.439. The average molecular weight is 362 g/mol. The van der Waals surface area contributed by atoms with E-state index in [1.807, 2.05) is 0 Å². The number of nitrogen functional groups attached to an aromatic ring is 1. The molecule has 0 fully saturated rings. The summed E-state index contributed by atoms with van der Waals surface area (Å²) in [6.45, 7) is 0.0151. The van der Waals surface area contributed by atoms with Gasteiger partial charge in [-0.2, -0.15) is 4.98 Å². The molecule has 0 spiro atoms. The zero-order valence-corrected chi connectivity index (χ0v) is 17.7. The number of rotatable bonds is 6. The largest absolute Gasteiger partial charge is 1.00 e. The maximum Gasteiger partial charge on any atom is 1.00 e. The molecule has 1 atom stereocenters. The Morgan fingerprint density at radius 3 is 2.70 bits per heavy atom. The number of anilines is 1. The number of imidazole rings is 1. The van der Waals surface area contributed by atoms with Crippen molar-refractivity contribution in [3.63, 3.8) is 0 Å². The van der Waals surface area contributed by atoms with E-state index in [2.05, 4.69) is 15.0 Å². The molecule has 1 unspecified atom stereocenters. The third-order valence-corrected chi connectivity index (χ3v) is 3.00. The molecule has 11 nitrogen and oxygen atoms in total. The summed E-state index contributed by atoms with van der Waals surface area (Å²) < 4.78 is 16.6. The predicted octanol–water partition coefficient (Wildman–Crippen LogP) is -9.08. The van der Waals surface area contributed by atoms with Crippen LogP contribution in [-0.4, -0.2) is 38.5 Å². The smallest absolute Gasteiger partial charge is 0.809 e. The molecule has 116 valence electrons. The number of H-pyrrole nitrogens is 1. The van der Waals surface area contributed by atoms with Crippen molar-refractivity contribution in [1.82, 2.24) is 19.5 Å². The fraction of sp³-hybridized carbons (Fsp3) is 0.444. The first-order valence-electron chi connectivity index (χ1n) is 5.81. The Hall–Kier alpha value is 0.220. The predicted molar refractivity (Wildman–Crippen MR) is 69.0 cm³/mol. The van der Waals surface area contributed by atoms with Crippen molar-refractivity contribution in [3.8, 4) is 0 Å². The van der Waals surface area contributed by atoms with E-state index >= 15 is 0 Å². The number of hydrogen-bond acceptors (Lipinski definition) is 9. The molecular formula is C9H13N6Na2O5P. The van der Waals surface area contributed by atoms with Gasteiger partial charge in [-0.05, 0) is 7.60 Å². The Morgan fingerprint density at radius 2 is 2.09 bits per heavy atom. The number of aromatic nitrogens is 4. The van der Waals surface area contributed by atoms with Crippen molar-refractivity contribution in [3.05, 3.63) is 16.7 Å². The number of hydrogen-bond donors (Lipinski definition) is 3. The minimum atomic E-state index is -4.72. The first kappa shape index (κ1) is 23.2. The summed E-state index contributed by atoms with van der Waals surface area (Å²) in [6, 6.07) is -0.615. The molecule has 0 saturated heterocycles. The quantitative estimate of drug-likeness (QED) is 0.331. The normalized spacial score (nSPS) is 12.5. The molecule has 0 radical (unpaired) electrons. The van der Waals surface area contributed by atoms with Crippen molar-refractivity contribution in [2.45, 2.75) is 12.6 Å². The number of nitrogens with one attached hydrogen (secondary N) is 1. The standard InChI is InChI=1S/C9H15N6O5P.2Na/c10-5(2-20-4-21(17,18)19)1-15-3-12-6-7(15)13-9(11)14-8(6)16;;/h3,5H,1-2,4,10H2,(H2,17,18,19)(H3,11,13,14,16);;/q;2*+1/p-2. The zero-order chi connectivity index (χ0) is 15.6. The molecule has 23 heavy (non-hydrogen) atoms. The van der Waals surface area contributed by atoms with Crippen LogP contribution in [0.1, 0.15) is 0 Å². The van der Waals surface area contributed by atoms with E-state index in [1.54, 1.807) is 0 Å². The summed E-state index contributed by atoms with van der Waals surface area (Å²) in [4.78, 5) is 42.5. The van der Waals surface area contributed by atoms with Crippen molar-refractivity contribution in [1.29, 1.82) is 0 Å². The van der Waals surface area contributed by atoms with E-state index in [0.717, 1.165) is 0 Å². The second-order valence-electron chi connectivity index (χ2n) is 4.39. The van der Waals surface area contributed by atoms with Crippen LogP contribution in [0.15, 0.2) is 11.1 Å². The topological polar surface area (TPSA) is 188 Å². The third kappa shape index (κ3) is 6.92. The van der Waals surface area contributed by atoms with Crippen LogP contribution in [0.3, 0.4) is 0 Å². The van der Waals surface area contributed by atoms with Gasteiger partial charge >= 0.3 is 59.1 Å². The molecule has 0 amide bonds. The maximum absolute atomic E-state index is 11.6. The van der Waals surface area contributed by atoms with Crippen LogP contribution >= 0.6 is 7.60 Å². The van der Waals surface area contributed by atoms with Gasteiger partial charge in [0, 0.05) is 12.6 Å². The van der Waals surface area contributed by atoms with Crippen LogP contribution in [0.4, 0.5) is 5.95 Å². The molecule has 0 aliphatic rings.